The molecule has 1 atom stereocenters. The van der Waals surface area contributed by atoms with E-state index in [-0.39, 0.29) is 13.0 Å². The first-order valence-corrected chi connectivity index (χ1v) is 7.83. The van der Waals surface area contributed by atoms with Crippen LogP contribution in [0.15, 0.2) is 22.7 Å². The van der Waals surface area contributed by atoms with Crippen LogP contribution in [-0.4, -0.2) is 33.2 Å². The van der Waals surface area contributed by atoms with E-state index < -0.39 is 23.2 Å². The van der Waals surface area contributed by atoms with Gasteiger partial charge in [-0.05, 0) is 51.0 Å². The number of ether oxygens (including phenoxy) is 1. The lowest BCUT2D eigenvalue weighted by Gasteiger charge is -2.42. The minimum Gasteiger partial charge on any atom is -0.479 e. The molecule has 0 saturated heterocycles. The highest BCUT2D eigenvalue weighted by Gasteiger charge is 2.47. The van der Waals surface area contributed by atoms with E-state index in [0.717, 1.165) is 15.6 Å². The predicted molar refractivity (Wildman–Crippen MR) is 85.7 cm³/mol. The smallest absolute Gasteiger partial charge is 0.411 e. The number of nitrogens with zero attached hydrogens (tertiary/aromatic N) is 1. The van der Waals surface area contributed by atoms with Gasteiger partial charge in [0.2, 0.25) is 0 Å². The van der Waals surface area contributed by atoms with Gasteiger partial charge in [-0.15, -0.1) is 0 Å². The van der Waals surface area contributed by atoms with Crippen molar-refractivity contribution in [1.82, 2.24) is 4.90 Å². The van der Waals surface area contributed by atoms with E-state index in [9.17, 15) is 14.7 Å². The van der Waals surface area contributed by atoms with Gasteiger partial charge in [0.05, 0.1) is 6.54 Å². The summed E-state index contributed by atoms with van der Waals surface area (Å²) in [5, 5.41) is 9.65. The average molecular weight is 370 g/mol. The number of hydrogen-bond acceptors (Lipinski definition) is 3. The molecule has 6 heteroatoms. The van der Waals surface area contributed by atoms with Crippen LogP contribution in [0, 0.1) is 0 Å². The van der Waals surface area contributed by atoms with Gasteiger partial charge in [-0.2, -0.15) is 0 Å². The van der Waals surface area contributed by atoms with E-state index in [0.29, 0.717) is 0 Å². The number of benzene rings is 1. The summed E-state index contributed by atoms with van der Waals surface area (Å²) in [4.78, 5) is 25.5. The summed E-state index contributed by atoms with van der Waals surface area (Å²) in [5.74, 6) is -1.04. The van der Waals surface area contributed by atoms with Crippen LogP contribution >= 0.6 is 15.9 Å². The van der Waals surface area contributed by atoms with Crippen molar-refractivity contribution in [2.24, 2.45) is 0 Å². The Morgan fingerprint density at radius 2 is 1.95 bits per heavy atom. The maximum absolute atomic E-state index is 12.4. The Kier molecular flexibility index (Phi) is 4.26. The van der Waals surface area contributed by atoms with E-state index in [2.05, 4.69) is 15.9 Å². The molecule has 0 fully saturated rings. The van der Waals surface area contributed by atoms with Crippen LogP contribution in [0.5, 0.6) is 0 Å². The molecular formula is C16H20BrNO4. The standard InChI is InChI=1S/C16H20BrNO4/c1-15(2,3)22-14(21)18-9-10-5-6-12(17)7-11(10)8-16(18,4)13(19)20/h5-7H,8-9H2,1-4H3,(H,19,20)/t16-/m0/s1. The largest absolute Gasteiger partial charge is 0.479 e. The lowest BCUT2D eigenvalue weighted by molar-refractivity contribution is -0.151. The zero-order valence-electron chi connectivity index (χ0n) is 13.1. The first-order valence-electron chi connectivity index (χ1n) is 7.04. The second kappa shape index (κ2) is 5.57. The zero-order chi connectivity index (χ0) is 16.7. The summed E-state index contributed by atoms with van der Waals surface area (Å²) in [7, 11) is 0. The summed E-state index contributed by atoms with van der Waals surface area (Å²) < 4.78 is 6.27. The van der Waals surface area contributed by atoms with Gasteiger partial charge in [-0.3, -0.25) is 4.90 Å². The third kappa shape index (κ3) is 3.27. The van der Waals surface area contributed by atoms with E-state index >= 15 is 0 Å². The summed E-state index contributed by atoms with van der Waals surface area (Å²) in [6.45, 7) is 7.07. The molecule has 1 amide bonds. The molecule has 22 heavy (non-hydrogen) atoms. The summed E-state index contributed by atoms with van der Waals surface area (Å²) in [5.41, 5.74) is -0.126. The van der Waals surface area contributed by atoms with Gasteiger partial charge in [0.1, 0.15) is 11.1 Å². The average Bonchev–Trinajstić information content (AvgIpc) is 2.35. The maximum Gasteiger partial charge on any atom is 0.411 e. The van der Waals surface area contributed by atoms with Crippen molar-refractivity contribution in [2.75, 3.05) is 0 Å². The molecule has 1 aliphatic heterocycles. The maximum atomic E-state index is 12.4. The van der Waals surface area contributed by atoms with Gasteiger partial charge < -0.3 is 9.84 Å². The molecule has 0 saturated carbocycles. The van der Waals surface area contributed by atoms with Crippen LogP contribution in [-0.2, 0) is 22.5 Å². The Labute approximate surface area is 138 Å². The zero-order valence-corrected chi connectivity index (χ0v) is 14.7. The summed E-state index contributed by atoms with van der Waals surface area (Å²) >= 11 is 3.40. The van der Waals surface area contributed by atoms with Crippen LogP contribution in [0.1, 0.15) is 38.8 Å². The molecule has 0 aromatic heterocycles. The Bertz CT molecular complexity index is 623. The van der Waals surface area contributed by atoms with E-state index in [1.165, 1.54) is 4.90 Å². The van der Waals surface area contributed by atoms with Crippen LogP contribution < -0.4 is 0 Å². The van der Waals surface area contributed by atoms with Crippen molar-refractivity contribution in [3.05, 3.63) is 33.8 Å². The SMILES string of the molecule is CC(C)(C)OC(=O)N1Cc2ccc(Br)cc2C[C@@]1(C)C(=O)O. The monoisotopic (exact) mass is 369 g/mol. The second-order valence-electron chi connectivity index (χ2n) is 6.74. The number of hydrogen-bond donors (Lipinski definition) is 1. The van der Waals surface area contributed by atoms with Crippen LogP contribution in [0.2, 0.25) is 0 Å². The highest BCUT2D eigenvalue weighted by atomic mass is 79.9. The lowest BCUT2D eigenvalue weighted by Crippen LogP contribution is -2.59. The van der Waals surface area contributed by atoms with Crippen molar-refractivity contribution in [3.8, 4) is 0 Å². The van der Waals surface area contributed by atoms with Gasteiger partial charge in [0.25, 0.3) is 0 Å². The molecule has 0 spiro atoms. The van der Waals surface area contributed by atoms with Crippen LogP contribution in [0.3, 0.4) is 0 Å². The van der Waals surface area contributed by atoms with Gasteiger partial charge in [0, 0.05) is 10.9 Å². The normalized spacial score (nSPS) is 21.2. The number of amides is 1. The van der Waals surface area contributed by atoms with Crippen LogP contribution in [0.4, 0.5) is 4.79 Å². The fourth-order valence-corrected chi connectivity index (χ4v) is 2.91. The minimum absolute atomic E-state index is 0.223. The molecule has 0 unspecified atom stereocenters. The second-order valence-corrected chi connectivity index (χ2v) is 7.65. The fraction of sp³-hybridized carbons (Fsp3) is 0.500. The number of carbonyl (C=O) groups excluding carboxylic acids is 1. The van der Waals surface area contributed by atoms with Crippen molar-refractivity contribution >= 4 is 28.0 Å². The summed E-state index contributed by atoms with van der Waals surface area (Å²) in [6, 6.07) is 5.69. The number of aliphatic carboxylic acids is 1. The molecule has 0 aliphatic carbocycles. The first kappa shape index (κ1) is 16.8. The number of halogens is 1. The van der Waals surface area contributed by atoms with Crippen molar-refractivity contribution in [1.29, 1.82) is 0 Å². The van der Waals surface area contributed by atoms with Crippen molar-refractivity contribution in [2.45, 2.75) is 51.8 Å². The molecule has 1 aromatic carbocycles. The number of rotatable bonds is 1. The van der Waals surface area contributed by atoms with E-state index in [1.54, 1.807) is 27.7 Å². The Hall–Kier alpha value is -1.56. The van der Waals surface area contributed by atoms with Gasteiger partial charge in [-0.25, -0.2) is 9.59 Å². The highest BCUT2D eigenvalue weighted by molar-refractivity contribution is 9.10. The molecule has 0 bridgehead atoms. The topological polar surface area (TPSA) is 66.8 Å². The number of fused-ring (bicyclic) bond motifs is 1. The van der Waals surface area contributed by atoms with Gasteiger partial charge in [-0.1, -0.05) is 22.0 Å². The minimum atomic E-state index is -1.32. The third-order valence-electron chi connectivity index (χ3n) is 3.70. The van der Waals surface area contributed by atoms with Gasteiger partial charge in [0.15, 0.2) is 0 Å². The Morgan fingerprint density at radius 3 is 2.50 bits per heavy atom. The van der Waals surface area contributed by atoms with Crippen molar-refractivity contribution < 1.29 is 19.4 Å². The fourth-order valence-electron chi connectivity index (χ4n) is 2.50. The molecule has 1 heterocycles. The molecule has 1 aromatic rings. The van der Waals surface area contributed by atoms with E-state index in [4.69, 9.17) is 4.74 Å². The van der Waals surface area contributed by atoms with E-state index in [1.807, 2.05) is 18.2 Å². The predicted octanol–water partition coefficient (Wildman–Crippen LogP) is 3.59. The Balaban J connectivity index is 2.41. The number of carboxylic acid groups (broad SMARTS) is 1. The molecule has 1 aliphatic rings. The number of carbonyl (C=O) groups is 2. The Morgan fingerprint density at radius 1 is 1.32 bits per heavy atom. The summed E-state index contributed by atoms with van der Waals surface area (Å²) in [6.07, 6.45) is -0.359. The molecule has 5 nitrogen and oxygen atoms in total. The molecular weight excluding hydrogens is 350 g/mol. The third-order valence-corrected chi connectivity index (χ3v) is 4.20. The lowest BCUT2D eigenvalue weighted by atomic mass is 9.84. The van der Waals surface area contributed by atoms with Gasteiger partial charge >= 0.3 is 12.1 Å². The van der Waals surface area contributed by atoms with Crippen molar-refractivity contribution in [3.63, 3.8) is 0 Å². The molecule has 0 radical (unpaired) electrons. The van der Waals surface area contributed by atoms with Crippen LogP contribution in [0.25, 0.3) is 0 Å². The first-order chi connectivity index (χ1) is 10.0. The molecule has 120 valence electrons. The number of carboxylic acids is 1. The molecule has 1 N–H and O–H groups in total. The molecule has 2 rings (SSSR count). The quantitative estimate of drug-likeness (QED) is 0.821. The highest BCUT2D eigenvalue weighted by Crippen LogP contribution is 2.34.